The first kappa shape index (κ1) is 11.0. The molecule has 1 fully saturated rings. The van der Waals surface area contributed by atoms with Gasteiger partial charge in [0.15, 0.2) is 0 Å². The third-order valence-corrected chi connectivity index (χ3v) is 2.41. The maximum absolute atomic E-state index is 11.4. The number of pyridine rings is 1. The van der Waals surface area contributed by atoms with Crippen molar-refractivity contribution in [1.29, 1.82) is 0 Å². The fraction of sp³-hybridized carbons (Fsp3) is 0.300. The van der Waals surface area contributed by atoms with E-state index in [0.29, 0.717) is 5.15 Å². The molecule has 1 aliphatic heterocycles. The second kappa shape index (κ2) is 4.59. The SMILES string of the molecule is O=C1COCC(=O)N1Cc1ccc(Cl)nc1. The van der Waals surface area contributed by atoms with E-state index in [4.69, 9.17) is 16.3 Å². The van der Waals surface area contributed by atoms with Gasteiger partial charge in [0, 0.05) is 6.20 Å². The average molecular weight is 241 g/mol. The Morgan fingerprint density at radius 3 is 2.56 bits per heavy atom. The number of morpholine rings is 1. The zero-order valence-corrected chi connectivity index (χ0v) is 9.11. The molecule has 0 radical (unpaired) electrons. The van der Waals surface area contributed by atoms with E-state index in [1.165, 1.54) is 0 Å². The Kier molecular flexibility index (Phi) is 3.17. The summed E-state index contributed by atoms with van der Waals surface area (Å²) in [5.74, 6) is -0.655. The van der Waals surface area contributed by atoms with E-state index in [1.807, 2.05) is 0 Å². The van der Waals surface area contributed by atoms with Crippen molar-refractivity contribution in [2.24, 2.45) is 0 Å². The van der Waals surface area contributed by atoms with Gasteiger partial charge in [-0.05, 0) is 11.6 Å². The van der Waals surface area contributed by atoms with Crippen molar-refractivity contribution < 1.29 is 14.3 Å². The van der Waals surface area contributed by atoms with E-state index in [1.54, 1.807) is 18.3 Å². The van der Waals surface area contributed by atoms with E-state index < -0.39 is 0 Å². The van der Waals surface area contributed by atoms with Gasteiger partial charge < -0.3 is 4.74 Å². The molecule has 2 heterocycles. The highest BCUT2D eigenvalue weighted by atomic mass is 35.5. The van der Waals surface area contributed by atoms with E-state index in [2.05, 4.69) is 4.98 Å². The first-order valence-electron chi connectivity index (χ1n) is 4.68. The van der Waals surface area contributed by atoms with Crippen LogP contribution >= 0.6 is 11.6 Å². The molecule has 0 spiro atoms. The first-order chi connectivity index (χ1) is 7.66. The Morgan fingerprint density at radius 1 is 1.31 bits per heavy atom. The van der Waals surface area contributed by atoms with Gasteiger partial charge in [0.1, 0.15) is 18.4 Å². The van der Waals surface area contributed by atoms with Crippen LogP contribution in [0.5, 0.6) is 0 Å². The van der Waals surface area contributed by atoms with Gasteiger partial charge in [-0.1, -0.05) is 17.7 Å². The van der Waals surface area contributed by atoms with Crippen LogP contribution in [0.4, 0.5) is 0 Å². The predicted molar refractivity (Wildman–Crippen MR) is 55.6 cm³/mol. The Balaban J connectivity index is 2.10. The summed E-state index contributed by atoms with van der Waals surface area (Å²) in [5, 5.41) is 0.378. The molecule has 0 aliphatic carbocycles. The number of hydrogen-bond donors (Lipinski definition) is 0. The minimum Gasteiger partial charge on any atom is -0.362 e. The van der Waals surface area contributed by atoms with Gasteiger partial charge in [0.25, 0.3) is 11.8 Å². The van der Waals surface area contributed by atoms with E-state index in [9.17, 15) is 9.59 Å². The minimum absolute atomic E-state index is 0.0489. The summed E-state index contributed by atoms with van der Waals surface area (Å²) in [6.45, 7) is 0.116. The van der Waals surface area contributed by atoms with Crippen LogP contribution < -0.4 is 0 Å². The van der Waals surface area contributed by atoms with Crippen LogP contribution in [-0.2, 0) is 20.9 Å². The Hall–Kier alpha value is -1.46. The Labute approximate surface area is 97.0 Å². The quantitative estimate of drug-likeness (QED) is 0.562. The molecule has 5 nitrogen and oxygen atoms in total. The number of ether oxygens (including phenoxy) is 1. The molecule has 0 aromatic carbocycles. The lowest BCUT2D eigenvalue weighted by Gasteiger charge is -2.24. The summed E-state index contributed by atoms with van der Waals surface area (Å²) in [6.07, 6.45) is 1.54. The topological polar surface area (TPSA) is 59.5 Å². The molecule has 0 bridgehead atoms. The molecule has 0 atom stereocenters. The van der Waals surface area contributed by atoms with Crippen LogP contribution in [0.25, 0.3) is 0 Å². The molecule has 2 amide bonds. The van der Waals surface area contributed by atoms with Crippen molar-refractivity contribution in [3.05, 3.63) is 29.0 Å². The standard InChI is InChI=1S/C10H9ClN2O3/c11-8-2-1-7(3-12-8)4-13-9(14)5-16-6-10(13)15/h1-3H,4-6H2. The zero-order valence-electron chi connectivity index (χ0n) is 8.35. The summed E-state index contributed by atoms with van der Waals surface area (Å²) < 4.78 is 4.80. The molecular weight excluding hydrogens is 232 g/mol. The number of halogens is 1. The van der Waals surface area contributed by atoms with Crippen molar-refractivity contribution in [3.63, 3.8) is 0 Å². The molecule has 6 heteroatoms. The number of amides is 2. The maximum Gasteiger partial charge on any atom is 0.255 e. The lowest BCUT2D eigenvalue weighted by atomic mass is 10.2. The molecule has 2 rings (SSSR count). The summed E-state index contributed by atoms with van der Waals surface area (Å²) >= 11 is 5.63. The van der Waals surface area contributed by atoms with Crippen LogP contribution in [0, 0.1) is 0 Å². The van der Waals surface area contributed by atoms with Crippen LogP contribution in [-0.4, -0.2) is 34.9 Å². The Morgan fingerprint density at radius 2 is 2.00 bits per heavy atom. The number of rotatable bonds is 2. The second-order valence-electron chi connectivity index (χ2n) is 3.36. The number of imide groups is 1. The van der Waals surface area contributed by atoms with E-state index in [-0.39, 0.29) is 31.6 Å². The van der Waals surface area contributed by atoms with Gasteiger partial charge in [0.05, 0.1) is 6.54 Å². The van der Waals surface area contributed by atoms with E-state index >= 15 is 0 Å². The van der Waals surface area contributed by atoms with Crippen molar-refractivity contribution in [3.8, 4) is 0 Å². The summed E-state index contributed by atoms with van der Waals surface area (Å²) in [4.78, 5) is 27.9. The predicted octanol–water partition coefficient (Wildman–Crippen LogP) is 0.620. The highest BCUT2D eigenvalue weighted by Crippen LogP contribution is 2.10. The molecule has 1 aromatic heterocycles. The molecule has 1 aromatic rings. The Bertz CT molecular complexity index is 403. The van der Waals surface area contributed by atoms with Crippen LogP contribution in [0.3, 0.4) is 0 Å². The van der Waals surface area contributed by atoms with Gasteiger partial charge in [-0.3, -0.25) is 14.5 Å². The van der Waals surface area contributed by atoms with Crippen molar-refractivity contribution in [1.82, 2.24) is 9.88 Å². The second-order valence-corrected chi connectivity index (χ2v) is 3.74. The first-order valence-corrected chi connectivity index (χ1v) is 5.06. The summed E-state index contributed by atoms with van der Waals surface area (Å²) in [7, 11) is 0. The van der Waals surface area contributed by atoms with Gasteiger partial charge in [-0.15, -0.1) is 0 Å². The normalized spacial score (nSPS) is 16.7. The monoisotopic (exact) mass is 240 g/mol. The van der Waals surface area contributed by atoms with Crippen molar-refractivity contribution >= 4 is 23.4 Å². The number of carbonyl (C=O) groups excluding carboxylic acids is 2. The van der Waals surface area contributed by atoms with Gasteiger partial charge in [0.2, 0.25) is 0 Å². The van der Waals surface area contributed by atoms with Gasteiger partial charge in [-0.25, -0.2) is 4.98 Å². The molecule has 0 unspecified atom stereocenters. The third kappa shape index (κ3) is 2.37. The van der Waals surface area contributed by atoms with Crippen LogP contribution in [0.1, 0.15) is 5.56 Å². The number of carbonyl (C=O) groups is 2. The molecule has 1 aliphatic rings. The van der Waals surface area contributed by atoms with Crippen molar-refractivity contribution in [2.45, 2.75) is 6.54 Å². The number of nitrogens with zero attached hydrogens (tertiary/aromatic N) is 2. The molecule has 84 valence electrons. The van der Waals surface area contributed by atoms with Gasteiger partial charge >= 0.3 is 0 Å². The largest absolute Gasteiger partial charge is 0.362 e. The number of aromatic nitrogens is 1. The highest BCUT2D eigenvalue weighted by Gasteiger charge is 2.26. The fourth-order valence-electron chi connectivity index (χ4n) is 1.38. The van der Waals surface area contributed by atoms with Crippen molar-refractivity contribution in [2.75, 3.05) is 13.2 Å². The van der Waals surface area contributed by atoms with Crippen LogP contribution in [0.15, 0.2) is 18.3 Å². The molecule has 0 saturated carbocycles. The molecule has 0 N–H and O–H groups in total. The maximum atomic E-state index is 11.4. The number of hydrogen-bond acceptors (Lipinski definition) is 4. The highest BCUT2D eigenvalue weighted by molar-refractivity contribution is 6.29. The lowest BCUT2D eigenvalue weighted by molar-refractivity contribution is -0.159. The summed E-state index contributed by atoms with van der Waals surface area (Å²) in [6, 6.07) is 3.34. The fourth-order valence-corrected chi connectivity index (χ4v) is 1.49. The third-order valence-electron chi connectivity index (χ3n) is 2.18. The van der Waals surface area contributed by atoms with Crippen LogP contribution in [0.2, 0.25) is 5.15 Å². The molecule has 1 saturated heterocycles. The minimum atomic E-state index is -0.328. The smallest absolute Gasteiger partial charge is 0.255 e. The van der Waals surface area contributed by atoms with E-state index in [0.717, 1.165) is 10.5 Å². The average Bonchev–Trinajstić information content (AvgIpc) is 2.26. The molecular formula is C10H9ClN2O3. The zero-order chi connectivity index (χ0) is 11.5. The molecule has 16 heavy (non-hydrogen) atoms. The van der Waals surface area contributed by atoms with Gasteiger partial charge in [-0.2, -0.15) is 0 Å². The lowest BCUT2D eigenvalue weighted by Crippen LogP contribution is -2.45. The summed E-state index contributed by atoms with van der Waals surface area (Å²) in [5.41, 5.74) is 0.757.